The maximum atomic E-state index is 12.2. The summed E-state index contributed by atoms with van der Waals surface area (Å²) in [4.78, 5) is 26.0. The Morgan fingerprint density at radius 3 is 2.63 bits per heavy atom. The van der Waals surface area contributed by atoms with Crippen molar-refractivity contribution in [3.05, 3.63) is 24.0 Å². The van der Waals surface area contributed by atoms with Crippen LogP contribution >= 0.6 is 0 Å². The zero-order valence-electron chi connectivity index (χ0n) is 11.1. The number of hydrogen-bond donors (Lipinski definition) is 1. The summed E-state index contributed by atoms with van der Waals surface area (Å²) in [6.45, 7) is 1.15. The molecule has 2 fully saturated rings. The van der Waals surface area contributed by atoms with Crippen molar-refractivity contribution < 1.29 is 9.59 Å². The van der Waals surface area contributed by atoms with Crippen LogP contribution in [0, 0.1) is 11.8 Å². The summed E-state index contributed by atoms with van der Waals surface area (Å²) < 4.78 is 1.68. The van der Waals surface area contributed by atoms with Crippen molar-refractivity contribution >= 4 is 11.7 Å². The van der Waals surface area contributed by atoms with Gasteiger partial charge in [-0.1, -0.05) is 0 Å². The van der Waals surface area contributed by atoms with Crippen LogP contribution in [0.25, 0.3) is 0 Å². The lowest BCUT2D eigenvalue weighted by Gasteiger charge is -2.15. The lowest BCUT2D eigenvalue weighted by Crippen LogP contribution is -2.37. The first-order chi connectivity index (χ1) is 9.08. The van der Waals surface area contributed by atoms with Gasteiger partial charge in [-0.3, -0.25) is 9.59 Å². The topological polar surface area (TPSA) is 68.3 Å². The average Bonchev–Trinajstić information content (AvgIpc) is 3.03. The van der Waals surface area contributed by atoms with E-state index >= 15 is 0 Å². The van der Waals surface area contributed by atoms with E-state index in [4.69, 9.17) is 5.73 Å². The number of aryl methyl sites for hydroxylation is 1. The van der Waals surface area contributed by atoms with Crippen LogP contribution in [0.4, 0.5) is 0 Å². The molecule has 3 rings (SSSR count). The van der Waals surface area contributed by atoms with Gasteiger partial charge in [0.2, 0.25) is 0 Å². The van der Waals surface area contributed by atoms with E-state index in [2.05, 4.69) is 0 Å². The summed E-state index contributed by atoms with van der Waals surface area (Å²) in [5.74, 6) is 0.194. The molecular formula is C14H19N3O2. The van der Waals surface area contributed by atoms with Gasteiger partial charge < -0.3 is 15.2 Å². The van der Waals surface area contributed by atoms with Gasteiger partial charge in [0, 0.05) is 32.4 Å². The molecule has 0 radical (unpaired) electrons. The third-order valence-electron chi connectivity index (χ3n) is 4.30. The van der Waals surface area contributed by atoms with Gasteiger partial charge in [-0.25, -0.2) is 0 Å². The monoisotopic (exact) mass is 261 g/mol. The molecule has 1 aliphatic heterocycles. The Bertz CT molecular complexity index is 519. The van der Waals surface area contributed by atoms with Crippen molar-refractivity contribution in [3.8, 4) is 0 Å². The Kier molecular flexibility index (Phi) is 2.93. The first-order valence-corrected chi connectivity index (χ1v) is 6.78. The standard InChI is InChI=1S/C14H19N3O2/c1-16-6-2-3-12(16)13(18)14(19)17-7-10(9-4-5-9)11(15)8-17/h2-3,6,9-11H,4-5,7-8,15H2,1H3/t10-,11+/m1/s1. The second-order valence-corrected chi connectivity index (χ2v) is 5.71. The van der Waals surface area contributed by atoms with E-state index in [1.165, 1.54) is 12.8 Å². The fraction of sp³-hybridized carbons (Fsp3) is 0.571. The van der Waals surface area contributed by atoms with E-state index < -0.39 is 11.7 Å². The normalized spacial score (nSPS) is 26.7. The predicted octanol–water partition coefficient (Wildman–Crippen LogP) is 0.404. The highest BCUT2D eigenvalue weighted by molar-refractivity contribution is 6.42. The molecule has 2 aliphatic rings. The average molecular weight is 261 g/mol. The van der Waals surface area contributed by atoms with E-state index in [0.29, 0.717) is 30.6 Å². The summed E-state index contributed by atoms with van der Waals surface area (Å²) in [7, 11) is 1.77. The molecule has 0 spiro atoms. The third-order valence-corrected chi connectivity index (χ3v) is 4.30. The molecular weight excluding hydrogens is 242 g/mol. The SMILES string of the molecule is Cn1cccc1C(=O)C(=O)N1C[C@H](C2CC2)[C@@H](N)C1. The highest BCUT2D eigenvalue weighted by Crippen LogP contribution is 2.40. The van der Waals surface area contributed by atoms with Crippen LogP contribution < -0.4 is 5.73 Å². The van der Waals surface area contributed by atoms with Crippen LogP contribution in [0.3, 0.4) is 0 Å². The number of nitrogens with two attached hydrogens (primary N) is 1. The summed E-state index contributed by atoms with van der Waals surface area (Å²) in [5.41, 5.74) is 6.52. The van der Waals surface area contributed by atoms with Gasteiger partial charge in [0.1, 0.15) is 0 Å². The van der Waals surface area contributed by atoms with E-state index in [9.17, 15) is 9.59 Å². The number of carbonyl (C=O) groups is 2. The molecule has 5 heteroatoms. The number of nitrogens with zero attached hydrogens (tertiary/aromatic N) is 2. The number of Topliss-reactive ketones (excluding diaryl/α,β-unsaturated/α-hetero) is 1. The van der Waals surface area contributed by atoms with Crippen LogP contribution in [-0.2, 0) is 11.8 Å². The third kappa shape index (κ3) is 2.18. The Balaban J connectivity index is 1.71. The minimum atomic E-state index is -0.434. The Hall–Kier alpha value is -1.62. The lowest BCUT2D eigenvalue weighted by molar-refractivity contribution is -0.125. The number of aromatic nitrogens is 1. The molecule has 1 amide bonds. The summed E-state index contributed by atoms with van der Waals surface area (Å²) in [5, 5.41) is 0. The highest BCUT2D eigenvalue weighted by Gasteiger charge is 2.43. The first-order valence-electron chi connectivity index (χ1n) is 6.78. The van der Waals surface area contributed by atoms with Gasteiger partial charge in [-0.2, -0.15) is 0 Å². The molecule has 2 N–H and O–H groups in total. The highest BCUT2D eigenvalue weighted by atomic mass is 16.2. The number of amides is 1. The molecule has 1 saturated carbocycles. The number of carbonyl (C=O) groups excluding carboxylic acids is 2. The molecule has 1 aliphatic carbocycles. The smallest absolute Gasteiger partial charge is 0.296 e. The van der Waals surface area contributed by atoms with Crippen molar-refractivity contribution in [2.75, 3.05) is 13.1 Å². The van der Waals surface area contributed by atoms with Gasteiger partial charge >= 0.3 is 0 Å². The summed E-state index contributed by atoms with van der Waals surface area (Å²) in [6.07, 6.45) is 4.20. The van der Waals surface area contributed by atoms with Crippen molar-refractivity contribution in [1.82, 2.24) is 9.47 Å². The molecule has 0 unspecified atom stereocenters. The molecule has 0 aromatic carbocycles. The fourth-order valence-electron chi connectivity index (χ4n) is 2.99. The van der Waals surface area contributed by atoms with Crippen LogP contribution in [0.2, 0.25) is 0 Å². The zero-order valence-corrected chi connectivity index (χ0v) is 11.1. The minimum absolute atomic E-state index is 0.0256. The van der Waals surface area contributed by atoms with Crippen molar-refractivity contribution in [2.24, 2.45) is 24.6 Å². The van der Waals surface area contributed by atoms with Gasteiger partial charge in [0.25, 0.3) is 11.7 Å². The molecule has 1 saturated heterocycles. The molecule has 1 aromatic rings. The quantitative estimate of drug-likeness (QED) is 0.632. The Morgan fingerprint density at radius 2 is 2.05 bits per heavy atom. The van der Waals surface area contributed by atoms with Crippen LogP contribution in [-0.4, -0.2) is 40.3 Å². The maximum Gasteiger partial charge on any atom is 0.296 e. The minimum Gasteiger partial charge on any atom is -0.348 e. The van der Waals surface area contributed by atoms with Crippen molar-refractivity contribution in [3.63, 3.8) is 0 Å². The van der Waals surface area contributed by atoms with Crippen molar-refractivity contribution in [1.29, 1.82) is 0 Å². The number of ketones is 1. The van der Waals surface area contributed by atoms with E-state index in [0.717, 1.165) is 0 Å². The van der Waals surface area contributed by atoms with E-state index in [1.807, 2.05) is 0 Å². The van der Waals surface area contributed by atoms with Crippen LogP contribution in [0.1, 0.15) is 23.3 Å². The Morgan fingerprint density at radius 1 is 1.32 bits per heavy atom. The summed E-state index contributed by atoms with van der Waals surface area (Å²) >= 11 is 0. The number of hydrogen-bond acceptors (Lipinski definition) is 3. The predicted molar refractivity (Wildman–Crippen MR) is 70.5 cm³/mol. The van der Waals surface area contributed by atoms with E-state index in [1.54, 1.807) is 34.8 Å². The number of likely N-dealkylation sites (tertiary alicyclic amines) is 1. The van der Waals surface area contributed by atoms with Gasteiger partial charge in [0.05, 0.1) is 5.69 Å². The second-order valence-electron chi connectivity index (χ2n) is 5.71. The molecule has 102 valence electrons. The number of rotatable bonds is 3. The molecule has 5 nitrogen and oxygen atoms in total. The van der Waals surface area contributed by atoms with Crippen LogP contribution in [0.5, 0.6) is 0 Å². The van der Waals surface area contributed by atoms with Gasteiger partial charge in [-0.15, -0.1) is 0 Å². The lowest BCUT2D eigenvalue weighted by atomic mass is 9.99. The molecule has 19 heavy (non-hydrogen) atoms. The first kappa shape index (κ1) is 12.4. The maximum absolute atomic E-state index is 12.2. The summed E-state index contributed by atoms with van der Waals surface area (Å²) in [6, 6.07) is 3.47. The van der Waals surface area contributed by atoms with Gasteiger partial charge in [-0.05, 0) is 36.8 Å². The molecule has 0 bridgehead atoms. The molecule has 1 aromatic heterocycles. The van der Waals surface area contributed by atoms with Crippen molar-refractivity contribution in [2.45, 2.75) is 18.9 Å². The molecule has 2 heterocycles. The fourth-order valence-corrected chi connectivity index (χ4v) is 2.99. The zero-order chi connectivity index (χ0) is 13.6. The van der Waals surface area contributed by atoms with Gasteiger partial charge in [0.15, 0.2) is 0 Å². The van der Waals surface area contributed by atoms with E-state index in [-0.39, 0.29) is 6.04 Å². The second kappa shape index (κ2) is 4.49. The van der Waals surface area contributed by atoms with Crippen LogP contribution in [0.15, 0.2) is 18.3 Å². The largest absolute Gasteiger partial charge is 0.348 e. The molecule has 2 atom stereocenters. The Labute approximate surface area is 112 Å².